The summed E-state index contributed by atoms with van der Waals surface area (Å²) in [7, 11) is 0. The predicted octanol–water partition coefficient (Wildman–Crippen LogP) is 0.801. The Morgan fingerprint density at radius 2 is 2.09 bits per heavy atom. The lowest BCUT2D eigenvalue weighted by Crippen LogP contribution is -2.47. The molecule has 1 aliphatic heterocycles. The summed E-state index contributed by atoms with van der Waals surface area (Å²) in [6, 6.07) is 0. The highest BCUT2D eigenvalue weighted by Gasteiger charge is 2.47. The topological polar surface area (TPSA) is 54.0 Å². The summed E-state index contributed by atoms with van der Waals surface area (Å²) in [5.41, 5.74) is 0. The molecule has 0 amide bonds. The van der Waals surface area contributed by atoms with Crippen LogP contribution in [0, 0.1) is 0 Å². The molecule has 1 heterocycles. The molecule has 11 heavy (non-hydrogen) atoms. The lowest BCUT2D eigenvalue weighted by molar-refractivity contribution is -0.169. The second kappa shape index (κ2) is 2.38. The van der Waals surface area contributed by atoms with Crippen molar-refractivity contribution in [1.82, 2.24) is 5.01 Å². The van der Waals surface area contributed by atoms with E-state index in [1.165, 1.54) is 0 Å². The summed E-state index contributed by atoms with van der Waals surface area (Å²) < 4.78 is 35.5. The van der Waals surface area contributed by atoms with Crippen molar-refractivity contribution in [2.45, 2.75) is 12.3 Å². The molecule has 2 N–H and O–H groups in total. The van der Waals surface area contributed by atoms with E-state index in [1.807, 2.05) is 0 Å². The van der Waals surface area contributed by atoms with Crippen LogP contribution < -0.4 is 5.84 Å². The van der Waals surface area contributed by atoms with Crippen LogP contribution in [0.3, 0.4) is 0 Å². The fraction of sp³-hybridized carbons (Fsp3) is 0.667. The van der Waals surface area contributed by atoms with E-state index in [0.717, 1.165) is 0 Å². The Hall–Kier alpha value is -0.760. The van der Waals surface area contributed by atoms with Crippen LogP contribution in [0.1, 0.15) is 0 Å². The molecule has 1 aliphatic rings. The number of nitrogens with zero attached hydrogens (tertiary/aromatic N) is 3. The molecule has 0 saturated heterocycles. The first-order chi connectivity index (χ1) is 4.93. The second-order valence-electron chi connectivity index (χ2n) is 1.82. The summed E-state index contributed by atoms with van der Waals surface area (Å²) in [4.78, 5) is 0. The first-order valence-corrected chi connectivity index (χ1v) is 2.89. The lowest BCUT2D eigenvalue weighted by atomic mass is 10.5. The summed E-state index contributed by atoms with van der Waals surface area (Å²) in [5, 5.41) is 5.78. The van der Waals surface area contributed by atoms with Crippen molar-refractivity contribution in [2.75, 3.05) is 0 Å². The summed E-state index contributed by atoms with van der Waals surface area (Å²) in [6.45, 7) is 0. The van der Waals surface area contributed by atoms with Crippen LogP contribution in [0.25, 0.3) is 0 Å². The third-order valence-electron chi connectivity index (χ3n) is 1.03. The van der Waals surface area contributed by atoms with E-state index in [4.69, 9.17) is 5.84 Å². The van der Waals surface area contributed by atoms with E-state index in [9.17, 15) is 13.2 Å². The Kier molecular flexibility index (Phi) is 1.80. The smallest absolute Gasteiger partial charge is 0.249 e. The molecule has 0 aromatic heterocycles. The van der Waals surface area contributed by atoms with Gasteiger partial charge in [0, 0.05) is 0 Å². The fourth-order valence-electron chi connectivity index (χ4n) is 0.539. The van der Waals surface area contributed by atoms with Gasteiger partial charge in [0.05, 0.1) is 0 Å². The Morgan fingerprint density at radius 3 is 2.27 bits per heavy atom. The van der Waals surface area contributed by atoms with Crippen LogP contribution >= 0.6 is 12.2 Å². The maximum absolute atomic E-state index is 11.8. The fourth-order valence-corrected chi connectivity index (χ4v) is 0.686. The quantitative estimate of drug-likeness (QED) is 0.447. The summed E-state index contributed by atoms with van der Waals surface area (Å²) in [6.07, 6.45) is -6.63. The molecule has 8 heteroatoms. The zero-order valence-electron chi connectivity index (χ0n) is 5.04. The molecule has 0 spiro atoms. The molecule has 0 aromatic carbocycles. The number of hydrazine groups is 1. The van der Waals surface area contributed by atoms with Gasteiger partial charge in [-0.15, -0.1) is 10.2 Å². The highest BCUT2D eigenvalue weighted by atomic mass is 32.1. The van der Waals surface area contributed by atoms with E-state index in [0.29, 0.717) is 5.01 Å². The van der Waals surface area contributed by atoms with Gasteiger partial charge in [-0.05, 0) is 12.2 Å². The van der Waals surface area contributed by atoms with Crippen molar-refractivity contribution in [1.29, 1.82) is 0 Å². The molecule has 4 nitrogen and oxygen atoms in total. The van der Waals surface area contributed by atoms with E-state index in [2.05, 4.69) is 22.4 Å². The minimum Gasteiger partial charge on any atom is -0.249 e. The molecule has 0 aliphatic carbocycles. The Bertz CT molecular complexity index is 211. The lowest BCUT2D eigenvalue weighted by Gasteiger charge is -2.18. The molecule has 0 aromatic rings. The van der Waals surface area contributed by atoms with Crippen LogP contribution in [-0.2, 0) is 0 Å². The Morgan fingerprint density at radius 1 is 1.55 bits per heavy atom. The molecule has 0 fully saturated rings. The van der Waals surface area contributed by atoms with E-state index >= 15 is 0 Å². The zero-order chi connectivity index (χ0) is 8.65. The number of azo groups is 1. The largest absolute Gasteiger partial charge is 0.432 e. The van der Waals surface area contributed by atoms with Crippen molar-refractivity contribution in [3.8, 4) is 0 Å². The number of hydrogen-bond donors (Lipinski definition) is 1. The van der Waals surface area contributed by atoms with Gasteiger partial charge in [0.2, 0.25) is 5.11 Å². The number of nitrogens with two attached hydrogens (primary N) is 1. The van der Waals surface area contributed by atoms with Gasteiger partial charge in [0.15, 0.2) is 0 Å². The van der Waals surface area contributed by atoms with Crippen molar-refractivity contribution in [3.63, 3.8) is 0 Å². The molecular formula is C3H3F3N4S. The normalized spacial score (nSPS) is 24.9. The van der Waals surface area contributed by atoms with Gasteiger partial charge in [0.25, 0.3) is 6.17 Å². The van der Waals surface area contributed by atoms with Crippen LogP contribution in [0.5, 0.6) is 0 Å². The third-order valence-corrected chi connectivity index (χ3v) is 1.32. The van der Waals surface area contributed by atoms with Gasteiger partial charge >= 0.3 is 6.18 Å². The van der Waals surface area contributed by atoms with Crippen molar-refractivity contribution in [3.05, 3.63) is 0 Å². The molecule has 1 unspecified atom stereocenters. The van der Waals surface area contributed by atoms with Crippen LogP contribution in [0.4, 0.5) is 13.2 Å². The number of rotatable bonds is 0. The highest BCUT2D eigenvalue weighted by molar-refractivity contribution is 7.80. The van der Waals surface area contributed by atoms with Crippen LogP contribution in [0.2, 0.25) is 0 Å². The van der Waals surface area contributed by atoms with Gasteiger partial charge < -0.3 is 0 Å². The number of halogens is 3. The Balaban J connectivity index is 2.78. The van der Waals surface area contributed by atoms with Gasteiger partial charge in [-0.25, -0.2) is 10.9 Å². The van der Waals surface area contributed by atoms with Crippen molar-refractivity contribution in [2.24, 2.45) is 16.1 Å². The maximum Gasteiger partial charge on any atom is 0.432 e. The van der Waals surface area contributed by atoms with E-state index < -0.39 is 12.3 Å². The highest BCUT2D eigenvalue weighted by Crippen LogP contribution is 2.27. The summed E-state index contributed by atoms with van der Waals surface area (Å²) in [5.74, 6) is 4.89. The predicted molar refractivity (Wildman–Crippen MR) is 33.3 cm³/mol. The molecule has 62 valence electrons. The average molecular weight is 184 g/mol. The molecule has 0 saturated carbocycles. The van der Waals surface area contributed by atoms with E-state index in [-0.39, 0.29) is 5.11 Å². The average Bonchev–Trinajstić information content (AvgIpc) is 2.11. The molecule has 0 bridgehead atoms. The third kappa shape index (κ3) is 1.46. The minimum absolute atomic E-state index is 0.301. The second-order valence-corrected chi connectivity index (χ2v) is 2.19. The van der Waals surface area contributed by atoms with Crippen molar-refractivity contribution >= 4 is 17.3 Å². The maximum atomic E-state index is 11.8. The SMILES string of the molecule is NN1C(=S)N=NC1C(F)(F)F. The van der Waals surface area contributed by atoms with E-state index in [1.54, 1.807) is 0 Å². The summed E-state index contributed by atoms with van der Waals surface area (Å²) >= 11 is 4.33. The van der Waals surface area contributed by atoms with Crippen molar-refractivity contribution < 1.29 is 13.2 Å². The zero-order valence-corrected chi connectivity index (χ0v) is 5.85. The molecule has 1 rings (SSSR count). The van der Waals surface area contributed by atoms with Gasteiger partial charge in [0.1, 0.15) is 0 Å². The monoisotopic (exact) mass is 184 g/mol. The van der Waals surface area contributed by atoms with Gasteiger partial charge in [-0.1, -0.05) is 0 Å². The molecule has 0 radical (unpaired) electrons. The molecule has 1 atom stereocenters. The minimum atomic E-state index is -4.52. The number of thiocarbonyl (C=S) groups is 1. The standard InChI is InChI=1S/C3H3F3N4S/c4-3(5,6)1-8-9-2(11)10(1)7/h1H,7H2. The van der Waals surface area contributed by atoms with Crippen LogP contribution in [-0.4, -0.2) is 22.5 Å². The van der Waals surface area contributed by atoms with Gasteiger partial charge in [-0.2, -0.15) is 13.2 Å². The number of hydrogen-bond acceptors (Lipinski definition) is 3. The molecular weight excluding hydrogens is 181 g/mol. The van der Waals surface area contributed by atoms with Gasteiger partial charge in [-0.3, -0.25) is 0 Å². The first kappa shape index (κ1) is 8.34. The first-order valence-electron chi connectivity index (χ1n) is 2.48. The Labute approximate surface area is 64.8 Å². The number of alkyl halides is 3. The van der Waals surface area contributed by atoms with Crippen LogP contribution in [0.15, 0.2) is 10.2 Å².